The Morgan fingerprint density at radius 1 is 0.944 bits per heavy atom. The number of benzene rings is 3. The molecule has 192 valence electrons. The van der Waals surface area contributed by atoms with Gasteiger partial charge in [-0.3, -0.25) is 4.79 Å². The molecule has 1 amide bonds. The minimum Gasteiger partial charge on any atom is -0.497 e. The van der Waals surface area contributed by atoms with Gasteiger partial charge in [0.05, 0.1) is 29.9 Å². The molecule has 3 rings (SSSR count). The highest BCUT2D eigenvalue weighted by Gasteiger charge is 2.22. The number of nitrogens with one attached hydrogen (secondary N) is 2. The molecule has 0 aliphatic heterocycles. The summed E-state index contributed by atoms with van der Waals surface area (Å²) < 4.78 is 30.2. The molecule has 0 saturated carbocycles. The molecule has 0 bridgehead atoms. The van der Waals surface area contributed by atoms with Crippen LogP contribution in [0.4, 0.5) is 0 Å². The number of carbonyl (C=O) groups excluding carboxylic acids is 1. The molecule has 0 aliphatic carbocycles. The van der Waals surface area contributed by atoms with Crippen LogP contribution in [0.25, 0.3) is 0 Å². The zero-order valence-corrected chi connectivity index (χ0v) is 21.3. The van der Waals surface area contributed by atoms with Crippen molar-refractivity contribution >= 4 is 15.7 Å². The monoisotopic (exact) mass is 510 g/mol. The van der Waals surface area contributed by atoms with E-state index in [1.165, 1.54) is 0 Å². The fourth-order valence-corrected chi connectivity index (χ4v) is 5.22. The average Bonchev–Trinajstić information content (AvgIpc) is 2.89. The van der Waals surface area contributed by atoms with Crippen molar-refractivity contribution in [1.82, 2.24) is 10.6 Å². The van der Waals surface area contributed by atoms with Gasteiger partial charge in [-0.2, -0.15) is 0 Å². The fourth-order valence-electron chi connectivity index (χ4n) is 3.89. The van der Waals surface area contributed by atoms with Crippen molar-refractivity contribution in [2.75, 3.05) is 19.4 Å². The van der Waals surface area contributed by atoms with E-state index in [0.29, 0.717) is 13.0 Å². The highest BCUT2D eigenvalue weighted by Crippen LogP contribution is 2.14. The van der Waals surface area contributed by atoms with Gasteiger partial charge in [0.2, 0.25) is 5.91 Å². The van der Waals surface area contributed by atoms with Crippen LogP contribution in [-0.4, -0.2) is 51.0 Å². The number of carbonyl (C=O) groups is 1. The first kappa shape index (κ1) is 27.4. The number of hydrogen-bond acceptors (Lipinski definition) is 6. The molecule has 8 heteroatoms. The summed E-state index contributed by atoms with van der Waals surface area (Å²) in [4.78, 5) is 12.9. The Labute approximate surface area is 213 Å². The molecule has 0 saturated heterocycles. The first-order valence-corrected chi connectivity index (χ1v) is 13.7. The predicted molar refractivity (Wildman–Crippen MR) is 141 cm³/mol. The van der Waals surface area contributed by atoms with Crippen molar-refractivity contribution in [3.8, 4) is 5.75 Å². The molecule has 0 spiro atoms. The highest BCUT2D eigenvalue weighted by atomic mass is 32.2. The Morgan fingerprint density at radius 3 is 2.31 bits per heavy atom. The van der Waals surface area contributed by atoms with Crippen LogP contribution in [0.1, 0.15) is 24.0 Å². The molecule has 7 nitrogen and oxygen atoms in total. The summed E-state index contributed by atoms with van der Waals surface area (Å²) in [6.07, 6.45) is -0.128. The number of hydrogen-bond donors (Lipinski definition) is 3. The van der Waals surface area contributed by atoms with Crippen LogP contribution in [-0.2, 0) is 27.6 Å². The number of sulfone groups is 1. The molecule has 0 aromatic heterocycles. The van der Waals surface area contributed by atoms with Gasteiger partial charge in [0.15, 0.2) is 9.84 Å². The van der Waals surface area contributed by atoms with Crippen LogP contribution in [0.5, 0.6) is 5.75 Å². The molecule has 2 atom stereocenters. The second kappa shape index (κ2) is 13.8. The van der Waals surface area contributed by atoms with Gasteiger partial charge in [-0.1, -0.05) is 60.7 Å². The van der Waals surface area contributed by atoms with Crippen molar-refractivity contribution in [1.29, 1.82) is 0 Å². The van der Waals surface area contributed by atoms with E-state index >= 15 is 0 Å². The van der Waals surface area contributed by atoms with E-state index in [0.717, 1.165) is 16.9 Å². The van der Waals surface area contributed by atoms with Crippen molar-refractivity contribution in [3.63, 3.8) is 0 Å². The third-order valence-corrected chi connectivity index (χ3v) is 7.66. The number of rotatable bonds is 14. The van der Waals surface area contributed by atoms with E-state index in [2.05, 4.69) is 10.6 Å². The third kappa shape index (κ3) is 8.78. The molecule has 0 unspecified atom stereocenters. The number of aliphatic hydroxyl groups is 1. The van der Waals surface area contributed by atoms with Crippen molar-refractivity contribution in [2.24, 2.45) is 0 Å². The lowest BCUT2D eigenvalue weighted by atomic mass is 10.0. The van der Waals surface area contributed by atoms with Crippen LogP contribution in [0.3, 0.4) is 0 Å². The Balaban J connectivity index is 1.55. The lowest BCUT2D eigenvalue weighted by Gasteiger charge is -2.25. The predicted octanol–water partition coefficient (Wildman–Crippen LogP) is 3.13. The lowest BCUT2D eigenvalue weighted by Crippen LogP contribution is -2.48. The van der Waals surface area contributed by atoms with E-state index in [-0.39, 0.29) is 35.9 Å². The summed E-state index contributed by atoms with van der Waals surface area (Å²) in [5.41, 5.74) is 2.01. The standard InChI is InChI=1S/C28H34N2O5S/c1-35-24-13-8-12-23(18-24)20-29-21-27(31)26(19-22-10-4-2-5-11-22)30-28(32)16-9-17-36(33,34)25-14-6-3-7-15-25/h2-8,10-15,18,26-27,29,31H,9,16-17,19-21H2,1H3,(H,30,32)/t26-,27+/m0/s1. The van der Waals surface area contributed by atoms with Gasteiger partial charge in [0.1, 0.15) is 5.75 Å². The quantitative estimate of drug-likeness (QED) is 0.308. The van der Waals surface area contributed by atoms with Gasteiger partial charge in [-0.25, -0.2) is 8.42 Å². The Hall–Kier alpha value is -3.20. The summed E-state index contributed by atoms with van der Waals surface area (Å²) in [7, 11) is -1.83. The van der Waals surface area contributed by atoms with Crippen LogP contribution < -0.4 is 15.4 Å². The minimum absolute atomic E-state index is 0.0569. The molecule has 3 N–H and O–H groups in total. The van der Waals surface area contributed by atoms with Gasteiger partial charge in [-0.05, 0) is 48.2 Å². The van der Waals surface area contributed by atoms with E-state index < -0.39 is 22.0 Å². The summed E-state index contributed by atoms with van der Waals surface area (Å²) in [5, 5.41) is 17.1. The zero-order chi connectivity index (χ0) is 25.8. The minimum atomic E-state index is -3.44. The van der Waals surface area contributed by atoms with E-state index in [4.69, 9.17) is 4.74 Å². The first-order chi connectivity index (χ1) is 17.4. The lowest BCUT2D eigenvalue weighted by molar-refractivity contribution is -0.122. The van der Waals surface area contributed by atoms with Gasteiger partial charge >= 0.3 is 0 Å². The number of ether oxygens (including phenoxy) is 1. The van der Waals surface area contributed by atoms with Crippen LogP contribution in [0.2, 0.25) is 0 Å². The Kier molecular flexibility index (Phi) is 10.5. The van der Waals surface area contributed by atoms with Gasteiger partial charge < -0.3 is 20.5 Å². The number of amides is 1. The number of methoxy groups -OCH3 is 1. The second-order valence-corrected chi connectivity index (χ2v) is 10.8. The molecule has 0 aliphatic rings. The fraction of sp³-hybridized carbons (Fsp3) is 0.321. The largest absolute Gasteiger partial charge is 0.497 e. The van der Waals surface area contributed by atoms with Gasteiger partial charge in [0, 0.05) is 19.5 Å². The van der Waals surface area contributed by atoms with Gasteiger partial charge in [0.25, 0.3) is 0 Å². The molecule has 3 aromatic carbocycles. The Bertz CT molecular complexity index is 1190. The summed E-state index contributed by atoms with van der Waals surface area (Å²) in [5.74, 6) is 0.364. The Morgan fingerprint density at radius 2 is 1.61 bits per heavy atom. The molecule has 0 heterocycles. The van der Waals surface area contributed by atoms with Gasteiger partial charge in [-0.15, -0.1) is 0 Å². The molecule has 0 radical (unpaired) electrons. The molecule has 0 fully saturated rings. The smallest absolute Gasteiger partial charge is 0.220 e. The first-order valence-electron chi connectivity index (χ1n) is 12.0. The molecular formula is C28H34N2O5S. The summed E-state index contributed by atoms with van der Waals surface area (Å²) >= 11 is 0. The second-order valence-electron chi connectivity index (χ2n) is 8.65. The van der Waals surface area contributed by atoms with E-state index in [1.54, 1.807) is 37.4 Å². The van der Waals surface area contributed by atoms with Crippen molar-refractivity contribution in [2.45, 2.75) is 42.8 Å². The summed E-state index contributed by atoms with van der Waals surface area (Å²) in [6, 6.07) is 25.0. The maximum atomic E-state index is 12.7. The number of aliphatic hydroxyl groups excluding tert-OH is 1. The molecule has 36 heavy (non-hydrogen) atoms. The van der Waals surface area contributed by atoms with Crippen LogP contribution in [0.15, 0.2) is 89.8 Å². The van der Waals surface area contributed by atoms with Crippen molar-refractivity contribution in [3.05, 3.63) is 96.1 Å². The van der Waals surface area contributed by atoms with E-state index in [9.17, 15) is 18.3 Å². The zero-order valence-electron chi connectivity index (χ0n) is 20.5. The third-order valence-electron chi connectivity index (χ3n) is 5.85. The summed E-state index contributed by atoms with van der Waals surface area (Å²) in [6.45, 7) is 0.814. The molecular weight excluding hydrogens is 476 g/mol. The molecule has 3 aromatic rings. The maximum absolute atomic E-state index is 12.7. The SMILES string of the molecule is COc1cccc(CNC[C@@H](O)[C@H](Cc2ccccc2)NC(=O)CCCS(=O)(=O)c2ccccc2)c1. The maximum Gasteiger partial charge on any atom is 0.220 e. The van der Waals surface area contributed by atoms with Crippen molar-refractivity contribution < 1.29 is 23.1 Å². The van der Waals surface area contributed by atoms with Crippen LogP contribution in [0, 0.1) is 0 Å². The normalized spacial score (nSPS) is 13.1. The highest BCUT2D eigenvalue weighted by molar-refractivity contribution is 7.91. The van der Waals surface area contributed by atoms with E-state index in [1.807, 2.05) is 54.6 Å². The van der Waals surface area contributed by atoms with Crippen LogP contribution >= 0.6 is 0 Å². The topological polar surface area (TPSA) is 105 Å². The average molecular weight is 511 g/mol.